The van der Waals surface area contributed by atoms with Gasteiger partial charge in [0.25, 0.3) is 20.0 Å². The van der Waals surface area contributed by atoms with E-state index in [1.54, 1.807) is 42.5 Å². The first kappa shape index (κ1) is 28.9. The second-order valence-corrected chi connectivity index (χ2v) is 13.4. The largest absolute Gasteiger partial charge is 0.325 e. The Bertz CT molecular complexity index is 1700. The van der Waals surface area contributed by atoms with Crippen molar-refractivity contribution < 1.29 is 21.6 Å². The molecule has 0 radical (unpaired) electrons. The number of hydrogen-bond donors (Lipinski definition) is 2. The Labute approximate surface area is 244 Å². The summed E-state index contributed by atoms with van der Waals surface area (Å²) in [7, 11) is -8.06. The van der Waals surface area contributed by atoms with Gasteiger partial charge in [0, 0.05) is 20.9 Å². The summed E-state index contributed by atoms with van der Waals surface area (Å²) in [5, 5.41) is 2.94. The lowest BCUT2D eigenvalue weighted by Crippen LogP contribution is -2.38. The summed E-state index contributed by atoms with van der Waals surface area (Å²) in [6.07, 6.45) is 0. The van der Waals surface area contributed by atoms with Crippen LogP contribution in [-0.2, 0) is 24.8 Å². The summed E-state index contributed by atoms with van der Waals surface area (Å²) in [5.74, 6) is -0.677. The number of rotatable bonds is 9. The van der Waals surface area contributed by atoms with E-state index < -0.39 is 32.5 Å². The van der Waals surface area contributed by atoms with Crippen molar-refractivity contribution >= 4 is 82.1 Å². The van der Waals surface area contributed by atoms with Gasteiger partial charge in [-0.15, -0.1) is 0 Å². The number of halogens is 3. The van der Waals surface area contributed by atoms with Crippen LogP contribution >= 0.6 is 39.1 Å². The van der Waals surface area contributed by atoms with Gasteiger partial charge in [-0.25, -0.2) is 16.8 Å². The molecular formula is C26H20BrCl2N3O5S2. The molecule has 202 valence electrons. The Balaban J connectivity index is 1.54. The minimum atomic E-state index is -4.18. The Morgan fingerprint density at radius 3 is 2.00 bits per heavy atom. The van der Waals surface area contributed by atoms with Crippen LogP contribution in [0.15, 0.2) is 111 Å². The second kappa shape index (κ2) is 12.0. The van der Waals surface area contributed by atoms with Crippen LogP contribution in [0.2, 0.25) is 10.0 Å². The fraction of sp³-hybridized carbons (Fsp3) is 0.0385. The van der Waals surface area contributed by atoms with Crippen LogP contribution in [0.3, 0.4) is 0 Å². The lowest BCUT2D eigenvalue weighted by Gasteiger charge is -2.25. The van der Waals surface area contributed by atoms with E-state index in [-0.39, 0.29) is 26.2 Å². The van der Waals surface area contributed by atoms with Crippen LogP contribution < -0.4 is 14.3 Å². The third-order valence-electron chi connectivity index (χ3n) is 5.34. The molecule has 8 nitrogen and oxygen atoms in total. The summed E-state index contributed by atoms with van der Waals surface area (Å²) in [6.45, 7) is -0.607. The molecule has 0 aliphatic heterocycles. The molecule has 0 aromatic heterocycles. The standard InChI is InChI=1S/C26H20BrCl2N3O5S2/c27-18-6-9-21(10-7-18)31-38(34,35)22-13-11-20(12-14-22)30-26(33)17-32(25-15-8-19(28)16-24(25)29)39(36,37)23-4-2-1-3-5-23/h1-16,31H,17H2,(H,30,33). The molecule has 0 bridgehead atoms. The number of nitrogens with one attached hydrogen (secondary N) is 2. The van der Waals surface area contributed by atoms with Gasteiger partial charge in [0.15, 0.2) is 0 Å². The van der Waals surface area contributed by atoms with Gasteiger partial charge in [-0.2, -0.15) is 0 Å². The van der Waals surface area contributed by atoms with Crippen molar-refractivity contribution in [1.82, 2.24) is 0 Å². The van der Waals surface area contributed by atoms with E-state index in [4.69, 9.17) is 23.2 Å². The van der Waals surface area contributed by atoms with Crippen LogP contribution in [0.4, 0.5) is 17.1 Å². The van der Waals surface area contributed by atoms with Crippen molar-refractivity contribution in [3.8, 4) is 0 Å². The molecule has 0 spiro atoms. The van der Waals surface area contributed by atoms with E-state index >= 15 is 0 Å². The molecule has 0 saturated carbocycles. The molecule has 2 N–H and O–H groups in total. The van der Waals surface area contributed by atoms with Crippen molar-refractivity contribution in [3.05, 3.63) is 112 Å². The number of amides is 1. The maximum Gasteiger partial charge on any atom is 0.264 e. The first-order chi connectivity index (χ1) is 18.5. The highest BCUT2D eigenvalue weighted by Crippen LogP contribution is 2.32. The molecule has 0 aliphatic carbocycles. The average molecular weight is 669 g/mol. The van der Waals surface area contributed by atoms with Crippen molar-refractivity contribution in [2.75, 3.05) is 20.9 Å². The van der Waals surface area contributed by atoms with Crippen molar-refractivity contribution in [2.24, 2.45) is 0 Å². The minimum Gasteiger partial charge on any atom is -0.325 e. The Kier molecular flexibility index (Phi) is 8.87. The van der Waals surface area contributed by atoms with Gasteiger partial charge in [0.1, 0.15) is 6.54 Å². The van der Waals surface area contributed by atoms with E-state index in [1.165, 1.54) is 54.6 Å². The summed E-state index contributed by atoms with van der Waals surface area (Å²) < 4.78 is 56.5. The number of carbonyl (C=O) groups is 1. The monoisotopic (exact) mass is 667 g/mol. The van der Waals surface area contributed by atoms with Crippen molar-refractivity contribution in [1.29, 1.82) is 0 Å². The lowest BCUT2D eigenvalue weighted by atomic mass is 10.3. The molecule has 0 heterocycles. The zero-order valence-electron chi connectivity index (χ0n) is 19.9. The molecule has 0 atom stereocenters. The summed E-state index contributed by atoms with van der Waals surface area (Å²) in [4.78, 5) is 12.9. The van der Waals surface area contributed by atoms with Gasteiger partial charge in [-0.1, -0.05) is 57.3 Å². The first-order valence-electron chi connectivity index (χ1n) is 11.2. The minimum absolute atomic E-state index is 0.0235. The molecule has 4 rings (SSSR count). The second-order valence-electron chi connectivity index (χ2n) is 8.11. The van der Waals surface area contributed by atoms with E-state index in [2.05, 4.69) is 26.0 Å². The summed E-state index contributed by atoms with van der Waals surface area (Å²) >= 11 is 15.6. The normalized spacial score (nSPS) is 11.6. The lowest BCUT2D eigenvalue weighted by molar-refractivity contribution is -0.114. The van der Waals surface area contributed by atoms with Gasteiger partial charge in [0.2, 0.25) is 5.91 Å². The van der Waals surface area contributed by atoms with Crippen LogP contribution in [0, 0.1) is 0 Å². The fourth-order valence-corrected chi connectivity index (χ4v) is 6.83. The number of benzene rings is 4. The number of nitrogens with zero attached hydrogens (tertiary/aromatic N) is 1. The Morgan fingerprint density at radius 2 is 1.38 bits per heavy atom. The van der Waals surface area contributed by atoms with Crippen molar-refractivity contribution in [2.45, 2.75) is 9.79 Å². The van der Waals surface area contributed by atoms with E-state index in [0.717, 1.165) is 8.78 Å². The average Bonchev–Trinajstić information content (AvgIpc) is 2.90. The maximum atomic E-state index is 13.5. The molecule has 1 amide bonds. The maximum absolute atomic E-state index is 13.5. The molecular weight excluding hydrogens is 649 g/mol. The highest BCUT2D eigenvalue weighted by atomic mass is 79.9. The van der Waals surface area contributed by atoms with Gasteiger partial charge in [0.05, 0.1) is 20.5 Å². The molecule has 0 unspecified atom stereocenters. The van der Waals surface area contributed by atoms with Crippen LogP contribution in [0.25, 0.3) is 0 Å². The smallest absolute Gasteiger partial charge is 0.264 e. The number of hydrogen-bond acceptors (Lipinski definition) is 5. The number of carbonyl (C=O) groups excluding carboxylic acids is 1. The van der Waals surface area contributed by atoms with Gasteiger partial charge in [-0.05, 0) is 78.9 Å². The number of anilines is 3. The predicted octanol–water partition coefficient (Wildman–Crippen LogP) is 6.39. The molecule has 0 saturated heterocycles. The van der Waals surface area contributed by atoms with Crippen molar-refractivity contribution in [3.63, 3.8) is 0 Å². The molecule has 13 heteroatoms. The topological polar surface area (TPSA) is 113 Å². The zero-order valence-corrected chi connectivity index (χ0v) is 24.6. The molecule has 39 heavy (non-hydrogen) atoms. The highest BCUT2D eigenvalue weighted by Gasteiger charge is 2.29. The Morgan fingerprint density at radius 1 is 0.769 bits per heavy atom. The van der Waals surface area contributed by atoms with E-state index in [9.17, 15) is 21.6 Å². The van der Waals surface area contributed by atoms with Crippen LogP contribution in [0.1, 0.15) is 0 Å². The molecule has 4 aromatic carbocycles. The number of sulfonamides is 2. The molecule has 0 fully saturated rings. The summed E-state index contributed by atoms with van der Waals surface area (Å²) in [6, 6.07) is 24.0. The summed E-state index contributed by atoms with van der Waals surface area (Å²) in [5.41, 5.74) is 0.721. The molecule has 0 aliphatic rings. The first-order valence-corrected chi connectivity index (χ1v) is 15.6. The zero-order chi connectivity index (χ0) is 28.2. The predicted molar refractivity (Wildman–Crippen MR) is 157 cm³/mol. The fourth-order valence-electron chi connectivity index (χ4n) is 3.48. The van der Waals surface area contributed by atoms with Crippen LogP contribution in [0.5, 0.6) is 0 Å². The van der Waals surface area contributed by atoms with Gasteiger partial charge in [-0.3, -0.25) is 13.8 Å². The Hall–Kier alpha value is -3.09. The third kappa shape index (κ3) is 7.11. The third-order valence-corrected chi connectivity index (χ3v) is 9.58. The molecule has 4 aromatic rings. The van der Waals surface area contributed by atoms with Gasteiger partial charge >= 0.3 is 0 Å². The van der Waals surface area contributed by atoms with Crippen LogP contribution in [-0.4, -0.2) is 29.3 Å². The quantitative estimate of drug-likeness (QED) is 0.215. The SMILES string of the molecule is O=C(CN(c1ccc(Cl)cc1Cl)S(=O)(=O)c1ccccc1)Nc1ccc(S(=O)(=O)Nc2ccc(Br)cc2)cc1. The van der Waals surface area contributed by atoms with E-state index in [1.807, 2.05) is 0 Å². The van der Waals surface area contributed by atoms with Gasteiger partial charge < -0.3 is 5.32 Å². The highest BCUT2D eigenvalue weighted by molar-refractivity contribution is 9.10. The van der Waals surface area contributed by atoms with E-state index in [0.29, 0.717) is 10.7 Å².